The Balaban J connectivity index is 1.71. The molecule has 26 heavy (non-hydrogen) atoms. The SMILES string of the molecule is CC(C)[C@@H](Sc1nnnn1-c1ccccc1)C(=O)NCc1cccnc1. The highest BCUT2D eigenvalue weighted by atomic mass is 32.2. The standard InChI is InChI=1S/C18H20N6OS/c1-13(2)16(17(25)20-12-14-7-6-10-19-11-14)26-18-21-22-23-24(18)15-8-4-3-5-9-15/h3-11,13,16H,12H2,1-2H3,(H,20,25)/t16-/m1/s1. The minimum atomic E-state index is -0.305. The van der Waals surface area contributed by atoms with Crippen molar-refractivity contribution in [2.45, 2.75) is 30.8 Å². The number of benzene rings is 1. The lowest BCUT2D eigenvalue weighted by molar-refractivity contribution is -0.121. The summed E-state index contributed by atoms with van der Waals surface area (Å²) in [4.78, 5) is 16.8. The van der Waals surface area contributed by atoms with E-state index >= 15 is 0 Å². The first-order chi connectivity index (χ1) is 12.6. The first-order valence-electron chi connectivity index (χ1n) is 8.32. The van der Waals surface area contributed by atoms with Gasteiger partial charge in [-0.2, -0.15) is 4.68 Å². The third kappa shape index (κ3) is 4.45. The summed E-state index contributed by atoms with van der Waals surface area (Å²) >= 11 is 1.37. The minimum Gasteiger partial charge on any atom is -0.351 e. The van der Waals surface area contributed by atoms with Crippen LogP contribution in [-0.2, 0) is 11.3 Å². The van der Waals surface area contributed by atoms with Crippen molar-refractivity contribution in [1.82, 2.24) is 30.5 Å². The fourth-order valence-corrected chi connectivity index (χ4v) is 3.40. The Kier molecular flexibility index (Phi) is 5.96. The lowest BCUT2D eigenvalue weighted by atomic mass is 10.1. The highest BCUT2D eigenvalue weighted by Gasteiger charge is 2.26. The maximum Gasteiger partial charge on any atom is 0.234 e. The number of nitrogens with one attached hydrogen (secondary N) is 1. The van der Waals surface area contributed by atoms with E-state index in [-0.39, 0.29) is 17.1 Å². The summed E-state index contributed by atoms with van der Waals surface area (Å²) < 4.78 is 1.65. The van der Waals surface area contributed by atoms with Gasteiger partial charge in [0.1, 0.15) is 0 Å². The number of pyridine rings is 1. The van der Waals surface area contributed by atoms with Crippen LogP contribution in [-0.4, -0.2) is 36.3 Å². The van der Waals surface area contributed by atoms with E-state index in [9.17, 15) is 4.79 Å². The lowest BCUT2D eigenvalue weighted by Gasteiger charge is -2.19. The Morgan fingerprint density at radius 1 is 1.19 bits per heavy atom. The molecule has 1 N–H and O–H groups in total. The number of rotatable bonds is 7. The van der Waals surface area contributed by atoms with Gasteiger partial charge in [-0.1, -0.05) is 49.9 Å². The van der Waals surface area contributed by atoms with Crippen molar-refractivity contribution in [3.8, 4) is 5.69 Å². The Labute approximate surface area is 156 Å². The summed E-state index contributed by atoms with van der Waals surface area (Å²) in [5, 5.41) is 15.2. The molecule has 0 unspecified atom stereocenters. The molecule has 0 fully saturated rings. The molecule has 0 saturated carbocycles. The molecule has 7 nitrogen and oxygen atoms in total. The molecule has 3 aromatic rings. The van der Waals surface area contributed by atoms with Crippen molar-refractivity contribution in [3.63, 3.8) is 0 Å². The third-order valence-electron chi connectivity index (χ3n) is 3.73. The summed E-state index contributed by atoms with van der Waals surface area (Å²) in [5.41, 5.74) is 1.82. The Morgan fingerprint density at radius 2 is 2.00 bits per heavy atom. The van der Waals surface area contributed by atoms with Crippen LogP contribution in [0.25, 0.3) is 5.69 Å². The maximum absolute atomic E-state index is 12.7. The van der Waals surface area contributed by atoms with Crippen LogP contribution in [0.2, 0.25) is 0 Å². The summed E-state index contributed by atoms with van der Waals surface area (Å²) in [6.45, 7) is 4.47. The van der Waals surface area contributed by atoms with E-state index in [0.717, 1.165) is 11.3 Å². The summed E-state index contributed by atoms with van der Waals surface area (Å²) in [5.74, 6) is 0.0753. The molecule has 1 aromatic carbocycles. The van der Waals surface area contributed by atoms with Crippen LogP contribution in [0.15, 0.2) is 60.0 Å². The molecule has 1 atom stereocenters. The van der Waals surface area contributed by atoms with Gasteiger partial charge in [0.25, 0.3) is 0 Å². The zero-order valence-electron chi connectivity index (χ0n) is 14.6. The zero-order valence-corrected chi connectivity index (χ0v) is 15.4. The molecule has 2 heterocycles. The van der Waals surface area contributed by atoms with Gasteiger partial charge in [0.05, 0.1) is 10.9 Å². The first-order valence-corrected chi connectivity index (χ1v) is 9.20. The maximum atomic E-state index is 12.7. The van der Waals surface area contributed by atoms with Crippen LogP contribution in [0.1, 0.15) is 19.4 Å². The predicted molar refractivity (Wildman–Crippen MR) is 99.7 cm³/mol. The van der Waals surface area contributed by atoms with Gasteiger partial charge in [-0.15, -0.1) is 5.10 Å². The van der Waals surface area contributed by atoms with Gasteiger partial charge in [0.2, 0.25) is 11.1 Å². The monoisotopic (exact) mass is 368 g/mol. The van der Waals surface area contributed by atoms with Gasteiger partial charge < -0.3 is 5.32 Å². The van der Waals surface area contributed by atoms with Crippen molar-refractivity contribution in [2.75, 3.05) is 0 Å². The second kappa shape index (κ2) is 8.57. The largest absolute Gasteiger partial charge is 0.351 e. The van der Waals surface area contributed by atoms with Gasteiger partial charge >= 0.3 is 0 Å². The average molecular weight is 368 g/mol. The molecule has 0 aliphatic heterocycles. The fraction of sp³-hybridized carbons (Fsp3) is 0.278. The van der Waals surface area contributed by atoms with E-state index in [1.807, 2.05) is 56.3 Å². The number of carbonyl (C=O) groups is 1. The fourth-order valence-electron chi connectivity index (χ4n) is 2.38. The van der Waals surface area contributed by atoms with E-state index in [2.05, 4.69) is 25.8 Å². The van der Waals surface area contributed by atoms with Gasteiger partial charge in [-0.3, -0.25) is 9.78 Å². The number of hydrogen-bond donors (Lipinski definition) is 1. The minimum absolute atomic E-state index is 0.0449. The Morgan fingerprint density at radius 3 is 2.69 bits per heavy atom. The third-order valence-corrected chi connectivity index (χ3v) is 5.21. The van der Waals surface area contributed by atoms with Crippen molar-refractivity contribution < 1.29 is 4.79 Å². The lowest BCUT2D eigenvalue weighted by Crippen LogP contribution is -2.35. The normalized spacial score (nSPS) is 12.1. The highest BCUT2D eigenvalue weighted by molar-refractivity contribution is 8.00. The van der Waals surface area contributed by atoms with E-state index in [1.54, 1.807) is 17.1 Å². The van der Waals surface area contributed by atoms with Crippen LogP contribution < -0.4 is 5.32 Å². The molecule has 134 valence electrons. The molecule has 0 bridgehead atoms. The topological polar surface area (TPSA) is 85.6 Å². The van der Waals surface area contributed by atoms with Crippen LogP contribution >= 0.6 is 11.8 Å². The van der Waals surface area contributed by atoms with Crippen molar-refractivity contribution in [2.24, 2.45) is 5.92 Å². The van der Waals surface area contributed by atoms with Crippen molar-refractivity contribution in [3.05, 3.63) is 60.4 Å². The number of amides is 1. The van der Waals surface area contributed by atoms with Crippen LogP contribution in [0.4, 0.5) is 0 Å². The van der Waals surface area contributed by atoms with Gasteiger partial charge in [-0.25, -0.2) is 0 Å². The summed E-state index contributed by atoms with van der Waals surface area (Å²) in [6, 6.07) is 13.4. The van der Waals surface area contributed by atoms with Crippen LogP contribution in [0.5, 0.6) is 0 Å². The number of para-hydroxylation sites is 1. The van der Waals surface area contributed by atoms with E-state index in [0.29, 0.717) is 11.7 Å². The second-order valence-corrected chi connectivity index (χ2v) is 7.18. The molecular weight excluding hydrogens is 348 g/mol. The second-order valence-electron chi connectivity index (χ2n) is 6.07. The summed E-state index contributed by atoms with van der Waals surface area (Å²) in [7, 11) is 0. The quantitative estimate of drug-likeness (QED) is 0.645. The van der Waals surface area contributed by atoms with E-state index in [1.165, 1.54) is 11.8 Å². The van der Waals surface area contributed by atoms with E-state index in [4.69, 9.17) is 0 Å². The molecule has 3 rings (SSSR count). The molecule has 0 radical (unpaired) electrons. The molecule has 1 amide bonds. The molecule has 2 aromatic heterocycles. The smallest absolute Gasteiger partial charge is 0.234 e. The predicted octanol–water partition coefficient (Wildman–Crippen LogP) is 2.49. The molecular formula is C18H20N6OS. The number of nitrogens with zero attached hydrogens (tertiary/aromatic N) is 5. The number of hydrogen-bond acceptors (Lipinski definition) is 6. The molecule has 0 saturated heterocycles. The van der Waals surface area contributed by atoms with Crippen LogP contribution in [0, 0.1) is 5.92 Å². The Hall–Kier alpha value is -2.74. The highest BCUT2D eigenvalue weighted by Crippen LogP contribution is 2.27. The van der Waals surface area contributed by atoms with E-state index < -0.39 is 0 Å². The zero-order chi connectivity index (χ0) is 18.4. The van der Waals surface area contributed by atoms with Gasteiger partial charge in [-0.05, 0) is 40.1 Å². The summed E-state index contributed by atoms with van der Waals surface area (Å²) in [6.07, 6.45) is 3.45. The van der Waals surface area contributed by atoms with Gasteiger partial charge in [0.15, 0.2) is 0 Å². The average Bonchev–Trinajstić information content (AvgIpc) is 3.14. The number of tetrazole rings is 1. The van der Waals surface area contributed by atoms with Crippen LogP contribution in [0.3, 0.4) is 0 Å². The van der Waals surface area contributed by atoms with Crippen molar-refractivity contribution >= 4 is 17.7 Å². The first kappa shape index (κ1) is 18.1. The van der Waals surface area contributed by atoms with Crippen molar-refractivity contribution in [1.29, 1.82) is 0 Å². The number of aromatic nitrogens is 5. The molecule has 0 aliphatic rings. The molecule has 8 heteroatoms. The molecule has 0 spiro atoms. The molecule has 0 aliphatic carbocycles. The number of carbonyl (C=O) groups excluding carboxylic acids is 1. The van der Waals surface area contributed by atoms with Gasteiger partial charge in [0, 0.05) is 18.9 Å². The Bertz CT molecular complexity index is 837. The number of thioether (sulfide) groups is 1.